The largest absolute Gasteiger partial charge is 0.481 e. The Bertz CT molecular complexity index is 530. The van der Waals surface area contributed by atoms with Crippen molar-refractivity contribution in [2.24, 2.45) is 0 Å². The molecule has 2 heterocycles. The van der Waals surface area contributed by atoms with Crippen LogP contribution in [-0.2, 0) is 6.54 Å². The predicted molar refractivity (Wildman–Crippen MR) is 76.5 cm³/mol. The van der Waals surface area contributed by atoms with Crippen LogP contribution in [0.5, 0.6) is 5.88 Å². The van der Waals surface area contributed by atoms with Crippen molar-refractivity contribution < 1.29 is 4.74 Å². The van der Waals surface area contributed by atoms with Gasteiger partial charge in [0.25, 0.3) is 0 Å². The van der Waals surface area contributed by atoms with Crippen molar-refractivity contribution in [2.75, 3.05) is 24.3 Å². The number of ether oxygens (including phenoxy) is 1. The van der Waals surface area contributed by atoms with Crippen LogP contribution in [0.1, 0.15) is 12.5 Å². The number of nitrogens with one attached hydrogen (secondary N) is 2. The van der Waals surface area contributed by atoms with E-state index in [9.17, 15) is 0 Å². The fourth-order valence-electron chi connectivity index (χ4n) is 1.69. The molecule has 5 heteroatoms. The summed E-state index contributed by atoms with van der Waals surface area (Å²) in [6, 6.07) is 7.81. The van der Waals surface area contributed by atoms with Crippen molar-refractivity contribution in [3.8, 4) is 5.88 Å². The van der Waals surface area contributed by atoms with Gasteiger partial charge in [-0.05, 0) is 24.6 Å². The second kappa shape index (κ2) is 6.58. The van der Waals surface area contributed by atoms with Crippen molar-refractivity contribution in [3.63, 3.8) is 0 Å². The van der Waals surface area contributed by atoms with Gasteiger partial charge in [-0.15, -0.1) is 0 Å². The van der Waals surface area contributed by atoms with Crippen molar-refractivity contribution in [2.45, 2.75) is 13.5 Å². The van der Waals surface area contributed by atoms with Crippen LogP contribution in [-0.4, -0.2) is 23.6 Å². The number of methoxy groups -OCH3 is 1. The van der Waals surface area contributed by atoms with Crippen LogP contribution in [0.2, 0.25) is 0 Å². The fraction of sp³-hybridized carbons (Fsp3) is 0.286. The van der Waals surface area contributed by atoms with E-state index in [0.717, 1.165) is 23.6 Å². The highest BCUT2D eigenvalue weighted by Crippen LogP contribution is 2.14. The molecule has 0 unspecified atom stereocenters. The zero-order valence-corrected chi connectivity index (χ0v) is 11.2. The normalized spacial score (nSPS) is 10.0. The van der Waals surface area contributed by atoms with E-state index in [-0.39, 0.29) is 0 Å². The molecule has 19 heavy (non-hydrogen) atoms. The molecule has 0 fully saturated rings. The van der Waals surface area contributed by atoms with Crippen LogP contribution in [0.3, 0.4) is 0 Å². The molecule has 5 nitrogen and oxygen atoms in total. The van der Waals surface area contributed by atoms with Gasteiger partial charge >= 0.3 is 0 Å². The molecule has 2 aromatic rings. The van der Waals surface area contributed by atoms with E-state index >= 15 is 0 Å². The summed E-state index contributed by atoms with van der Waals surface area (Å²) in [5, 5.41) is 6.53. The highest BCUT2D eigenvalue weighted by atomic mass is 16.5. The standard InChI is InChI=1S/C14H18N4O/c1-3-15-13-9-12(5-7-16-13)18-10-11-4-6-17-14(8-11)19-2/h4-9H,3,10H2,1-2H3,(H2,15,16,18). The van der Waals surface area contributed by atoms with Gasteiger partial charge in [0.05, 0.1) is 7.11 Å². The molecule has 0 spiro atoms. The van der Waals surface area contributed by atoms with E-state index in [1.54, 1.807) is 19.5 Å². The smallest absolute Gasteiger partial charge is 0.213 e. The SMILES string of the molecule is CCNc1cc(NCc2ccnc(OC)c2)ccn1. The minimum absolute atomic E-state index is 0.627. The average molecular weight is 258 g/mol. The summed E-state index contributed by atoms with van der Waals surface area (Å²) in [4.78, 5) is 8.31. The maximum atomic E-state index is 5.10. The molecule has 0 aromatic carbocycles. The maximum Gasteiger partial charge on any atom is 0.213 e. The summed E-state index contributed by atoms with van der Waals surface area (Å²) in [6.07, 6.45) is 3.53. The van der Waals surface area contributed by atoms with E-state index in [2.05, 4.69) is 20.6 Å². The van der Waals surface area contributed by atoms with Crippen LogP contribution < -0.4 is 15.4 Å². The molecule has 0 aliphatic heterocycles. The first-order valence-electron chi connectivity index (χ1n) is 6.24. The molecule has 0 bridgehead atoms. The zero-order valence-electron chi connectivity index (χ0n) is 11.2. The monoisotopic (exact) mass is 258 g/mol. The van der Waals surface area contributed by atoms with Crippen molar-refractivity contribution in [1.29, 1.82) is 0 Å². The Morgan fingerprint density at radius 3 is 2.74 bits per heavy atom. The molecule has 2 N–H and O–H groups in total. The second-order valence-electron chi connectivity index (χ2n) is 4.02. The maximum absolute atomic E-state index is 5.10. The fourth-order valence-corrected chi connectivity index (χ4v) is 1.69. The number of pyridine rings is 2. The number of rotatable bonds is 6. The van der Waals surface area contributed by atoms with Gasteiger partial charge in [0, 0.05) is 43.3 Å². The summed E-state index contributed by atoms with van der Waals surface area (Å²) in [6.45, 7) is 3.62. The number of aromatic nitrogens is 2. The lowest BCUT2D eigenvalue weighted by molar-refractivity contribution is 0.397. The molecule has 2 rings (SSSR count). The summed E-state index contributed by atoms with van der Waals surface area (Å²) in [7, 11) is 1.62. The Morgan fingerprint density at radius 1 is 1.11 bits per heavy atom. The van der Waals surface area contributed by atoms with Gasteiger partial charge in [-0.1, -0.05) is 0 Å². The number of hydrogen-bond acceptors (Lipinski definition) is 5. The average Bonchev–Trinajstić information content (AvgIpc) is 2.46. The van der Waals surface area contributed by atoms with E-state index in [0.29, 0.717) is 12.4 Å². The molecule has 0 atom stereocenters. The van der Waals surface area contributed by atoms with Crippen LogP contribution in [0, 0.1) is 0 Å². The lowest BCUT2D eigenvalue weighted by Gasteiger charge is -2.09. The molecule has 0 aliphatic rings. The van der Waals surface area contributed by atoms with Crippen LogP contribution in [0.15, 0.2) is 36.7 Å². The Kier molecular flexibility index (Phi) is 4.55. The topological polar surface area (TPSA) is 59.1 Å². The van der Waals surface area contributed by atoms with Gasteiger partial charge in [-0.2, -0.15) is 0 Å². The Hall–Kier alpha value is -2.30. The van der Waals surface area contributed by atoms with Gasteiger partial charge in [-0.25, -0.2) is 9.97 Å². The minimum Gasteiger partial charge on any atom is -0.481 e. The number of anilines is 2. The van der Waals surface area contributed by atoms with E-state index in [4.69, 9.17) is 4.74 Å². The summed E-state index contributed by atoms with van der Waals surface area (Å²) < 4.78 is 5.10. The number of nitrogens with zero attached hydrogens (tertiary/aromatic N) is 2. The van der Waals surface area contributed by atoms with Crippen LogP contribution >= 0.6 is 0 Å². The summed E-state index contributed by atoms with van der Waals surface area (Å²) in [5.74, 6) is 1.50. The molecule has 0 saturated carbocycles. The van der Waals surface area contributed by atoms with E-state index in [1.165, 1.54) is 0 Å². The zero-order chi connectivity index (χ0) is 13.5. The summed E-state index contributed by atoms with van der Waals surface area (Å²) in [5.41, 5.74) is 2.15. The molecule has 0 aliphatic carbocycles. The molecule has 0 amide bonds. The lowest BCUT2D eigenvalue weighted by Crippen LogP contribution is -2.03. The van der Waals surface area contributed by atoms with Crippen LogP contribution in [0.25, 0.3) is 0 Å². The first-order chi connectivity index (χ1) is 9.31. The highest BCUT2D eigenvalue weighted by molar-refractivity contribution is 5.52. The molecular formula is C14H18N4O. The number of hydrogen-bond donors (Lipinski definition) is 2. The van der Waals surface area contributed by atoms with Crippen molar-refractivity contribution in [3.05, 3.63) is 42.2 Å². The minimum atomic E-state index is 0.627. The lowest BCUT2D eigenvalue weighted by atomic mass is 10.2. The molecule has 0 saturated heterocycles. The van der Waals surface area contributed by atoms with Crippen LogP contribution in [0.4, 0.5) is 11.5 Å². The molecular weight excluding hydrogens is 240 g/mol. The van der Waals surface area contributed by atoms with Gasteiger partial charge < -0.3 is 15.4 Å². The third-order valence-electron chi connectivity index (χ3n) is 2.62. The van der Waals surface area contributed by atoms with Crippen molar-refractivity contribution >= 4 is 11.5 Å². The predicted octanol–water partition coefficient (Wildman–Crippen LogP) is 2.53. The Labute approximate surface area is 113 Å². The van der Waals surface area contributed by atoms with Crippen molar-refractivity contribution in [1.82, 2.24) is 9.97 Å². The van der Waals surface area contributed by atoms with Gasteiger partial charge in [-0.3, -0.25) is 0 Å². The van der Waals surface area contributed by atoms with E-state index in [1.807, 2.05) is 31.2 Å². The second-order valence-corrected chi connectivity index (χ2v) is 4.02. The first-order valence-corrected chi connectivity index (χ1v) is 6.24. The van der Waals surface area contributed by atoms with Gasteiger partial charge in [0.15, 0.2) is 0 Å². The Balaban J connectivity index is 1.99. The Morgan fingerprint density at radius 2 is 1.95 bits per heavy atom. The quantitative estimate of drug-likeness (QED) is 0.833. The van der Waals surface area contributed by atoms with E-state index < -0.39 is 0 Å². The molecule has 0 radical (unpaired) electrons. The highest BCUT2D eigenvalue weighted by Gasteiger charge is 1.99. The third-order valence-corrected chi connectivity index (χ3v) is 2.62. The van der Waals surface area contributed by atoms with Gasteiger partial charge in [0.2, 0.25) is 5.88 Å². The van der Waals surface area contributed by atoms with Gasteiger partial charge in [0.1, 0.15) is 5.82 Å². The summed E-state index contributed by atoms with van der Waals surface area (Å²) >= 11 is 0. The molecule has 100 valence electrons. The molecule has 2 aromatic heterocycles. The first kappa shape index (κ1) is 13.1. The third kappa shape index (κ3) is 3.84.